The largest absolute Gasteiger partial charge is 0.383 e. The third-order valence-electron chi connectivity index (χ3n) is 3.22. The van der Waals surface area contributed by atoms with Crippen molar-refractivity contribution in [2.45, 2.75) is 0 Å². The maximum absolute atomic E-state index is 5.07. The number of nitrogens with one attached hydrogen (secondary N) is 1. The van der Waals surface area contributed by atoms with Crippen LogP contribution in [0.15, 0.2) is 55.1 Å². The highest BCUT2D eigenvalue weighted by atomic mass is 16.5. The van der Waals surface area contributed by atoms with Crippen molar-refractivity contribution in [1.29, 1.82) is 0 Å². The molecule has 23 heavy (non-hydrogen) atoms. The second-order valence-electron chi connectivity index (χ2n) is 4.87. The zero-order valence-corrected chi connectivity index (χ0v) is 12.8. The predicted molar refractivity (Wildman–Crippen MR) is 88.9 cm³/mol. The Bertz CT molecular complexity index is 692. The van der Waals surface area contributed by atoms with Crippen LogP contribution in [0.1, 0.15) is 0 Å². The summed E-state index contributed by atoms with van der Waals surface area (Å²) in [5, 5.41) is 3.25. The molecule has 3 heterocycles. The Morgan fingerprint density at radius 2 is 1.74 bits per heavy atom. The average Bonchev–Trinajstić information content (AvgIpc) is 2.63. The van der Waals surface area contributed by atoms with Crippen LogP contribution in [0.25, 0.3) is 22.6 Å². The number of anilines is 1. The van der Waals surface area contributed by atoms with Crippen LogP contribution in [0.4, 0.5) is 5.82 Å². The molecule has 3 rings (SSSR count). The van der Waals surface area contributed by atoms with Gasteiger partial charge in [-0.1, -0.05) is 0 Å². The highest BCUT2D eigenvalue weighted by Crippen LogP contribution is 2.23. The zero-order chi connectivity index (χ0) is 15.9. The number of nitrogens with zero attached hydrogens (tertiary/aromatic N) is 4. The van der Waals surface area contributed by atoms with E-state index in [9.17, 15) is 0 Å². The molecule has 6 heteroatoms. The topological polar surface area (TPSA) is 72.8 Å². The van der Waals surface area contributed by atoms with E-state index >= 15 is 0 Å². The number of hydrogen-bond donors (Lipinski definition) is 1. The van der Waals surface area contributed by atoms with E-state index in [1.54, 1.807) is 31.9 Å². The van der Waals surface area contributed by atoms with E-state index in [4.69, 9.17) is 4.74 Å². The van der Waals surface area contributed by atoms with Crippen molar-refractivity contribution >= 4 is 5.82 Å². The molecule has 0 saturated heterocycles. The number of pyridine rings is 2. The van der Waals surface area contributed by atoms with Gasteiger partial charge in [-0.15, -0.1) is 0 Å². The van der Waals surface area contributed by atoms with E-state index in [-0.39, 0.29) is 0 Å². The van der Waals surface area contributed by atoms with Crippen molar-refractivity contribution in [3.63, 3.8) is 0 Å². The van der Waals surface area contributed by atoms with E-state index in [0.717, 1.165) is 22.6 Å². The first-order valence-electron chi connectivity index (χ1n) is 7.29. The van der Waals surface area contributed by atoms with Gasteiger partial charge in [0.15, 0.2) is 5.82 Å². The minimum absolute atomic E-state index is 0.606. The van der Waals surface area contributed by atoms with Gasteiger partial charge in [-0.3, -0.25) is 9.97 Å². The summed E-state index contributed by atoms with van der Waals surface area (Å²) >= 11 is 0. The summed E-state index contributed by atoms with van der Waals surface area (Å²) < 4.78 is 5.07. The molecule has 0 bridgehead atoms. The van der Waals surface area contributed by atoms with Crippen LogP contribution in [-0.4, -0.2) is 40.2 Å². The van der Waals surface area contributed by atoms with E-state index in [1.165, 1.54) is 0 Å². The van der Waals surface area contributed by atoms with Crippen molar-refractivity contribution < 1.29 is 4.74 Å². The van der Waals surface area contributed by atoms with Gasteiger partial charge in [0.1, 0.15) is 5.82 Å². The first-order valence-corrected chi connectivity index (χ1v) is 7.29. The van der Waals surface area contributed by atoms with Crippen molar-refractivity contribution in [3.05, 3.63) is 55.1 Å². The fourth-order valence-electron chi connectivity index (χ4n) is 2.11. The normalized spacial score (nSPS) is 10.5. The highest BCUT2D eigenvalue weighted by molar-refractivity contribution is 5.66. The first-order chi connectivity index (χ1) is 11.4. The lowest BCUT2D eigenvalue weighted by Gasteiger charge is -2.10. The predicted octanol–water partition coefficient (Wildman–Crippen LogP) is 2.66. The van der Waals surface area contributed by atoms with Gasteiger partial charge in [-0.2, -0.15) is 0 Å². The van der Waals surface area contributed by atoms with Crippen LogP contribution in [0.5, 0.6) is 0 Å². The molecule has 0 unspecified atom stereocenters. The molecule has 3 aromatic heterocycles. The summed E-state index contributed by atoms with van der Waals surface area (Å²) in [4.78, 5) is 17.5. The molecule has 0 radical (unpaired) electrons. The van der Waals surface area contributed by atoms with Crippen LogP contribution >= 0.6 is 0 Å². The molecule has 6 nitrogen and oxygen atoms in total. The number of rotatable bonds is 6. The second kappa shape index (κ2) is 7.42. The van der Waals surface area contributed by atoms with Crippen LogP contribution in [0.2, 0.25) is 0 Å². The minimum Gasteiger partial charge on any atom is -0.383 e. The van der Waals surface area contributed by atoms with E-state index in [1.807, 2.05) is 30.3 Å². The lowest BCUT2D eigenvalue weighted by atomic mass is 10.2. The highest BCUT2D eigenvalue weighted by Gasteiger charge is 2.09. The lowest BCUT2D eigenvalue weighted by molar-refractivity contribution is 0.210. The maximum atomic E-state index is 5.07. The molecule has 0 saturated carbocycles. The Kier molecular flexibility index (Phi) is 4.85. The molecule has 0 aliphatic rings. The first kappa shape index (κ1) is 15.1. The van der Waals surface area contributed by atoms with E-state index < -0.39 is 0 Å². The van der Waals surface area contributed by atoms with Crippen molar-refractivity contribution in [3.8, 4) is 22.6 Å². The molecule has 0 amide bonds. The molecule has 0 atom stereocenters. The molecule has 0 aromatic carbocycles. The van der Waals surface area contributed by atoms with Gasteiger partial charge >= 0.3 is 0 Å². The quantitative estimate of drug-likeness (QED) is 0.706. The standard InChI is InChI=1S/C17H17N5O/c1-23-9-8-20-16-10-15(13-4-2-6-18-11-13)21-17(22-16)14-5-3-7-19-12-14/h2-7,10-12H,8-9H2,1H3,(H,20,21,22). The number of aromatic nitrogens is 4. The van der Waals surface area contributed by atoms with Crippen molar-refractivity contribution in [2.75, 3.05) is 25.6 Å². The fraction of sp³-hybridized carbons (Fsp3) is 0.176. The average molecular weight is 307 g/mol. The van der Waals surface area contributed by atoms with Gasteiger partial charge in [0.2, 0.25) is 0 Å². The summed E-state index contributed by atoms with van der Waals surface area (Å²) in [5.41, 5.74) is 2.62. The van der Waals surface area contributed by atoms with Gasteiger partial charge < -0.3 is 10.1 Å². The summed E-state index contributed by atoms with van der Waals surface area (Å²) in [6, 6.07) is 9.58. The molecule has 0 fully saturated rings. The molecule has 116 valence electrons. The molecule has 0 spiro atoms. The van der Waals surface area contributed by atoms with Gasteiger partial charge in [-0.05, 0) is 24.3 Å². The van der Waals surface area contributed by atoms with Gasteiger partial charge in [0.25, 0.3) is 0 Å². The van der Waals surface area contributed by atoms with E-state index in [0.29, 0.717) is 19.0 Å². The van der Waals surface area contributed by atoms with Crippen LogP contribution in [-0.2, 0) is 4.74 Å². The van der Waals surface area contributed by atoms with Crippen LogP contribution in [0, 0.1) is 0 Å². The van der Waals surface area contributed by atoms with Crippen LogP contribution < -0.4 is 5.32 Å². The SMILES string of the molecule is COCCNc1cc(-c2cccnc2)nc(-c2cccnc2)n1. The number of hydrogen-bond acceptors (Lipinski definition) is 6. The third kappa shape index (κ3) is 3.87. The minimum atomic E-state index is 0.606. The molecule has 0 aliphatic carbocycles. The van der Waals surface area contributed by atoms with E-state index in [2.05, 4.69) is 25.3 Å². The smallest absolute Gasteiger partial charge is 0.163 e. The lowest BCUT2D eigenvalue weighted by Crippen LogP contribution is -2.10. The second-order valence-corrected chi connectivity index (χ2v) is 4.87. The molecular weight excluding hydrogens is 290 g/mol. The van der Waals surface area contributed by atoms with Gasteiger partial charge in [-0.25, -0.2) is 9.97 Å². The summed E-state index contributed by atoms with van der Waals surface area (Å²) in [6.07, 6.45) is 7.01. The number of methoxy groups -OCH3 is 1. The molecular formula is C17H17N5O. The molecule has 1 N–H and O–H groups in total. The maximum Gasteiger partial charge on any atom is 0.163 e. The van der Waals surface area contributed by atoms with Crippen molar-refractivity contribution in [1.82, 2.24) is 19.9 Å². The Morgan fingerprint density at radius 3 is 2.39 bits per heavy atom. The Balaban J connectivity index is 2.00. The zero-order valence-electron chi connectivity index (χ0n) is 12.8. The summed E-state index contributed by atoms with van der Waals surface area (Å²) in [7, 11) is 1.67. The van der Waals surface area contributed by atoms with Gasteiger partial charge in [0, 0.05) is 55.6 Å². The Labute approximate surface area is 134 Å². The summed E-state index contributed by atoms with van der Waals surface area (Å²) in [5.74, 6) is 1.37. The van der Waals surface area contributed by atoms with Crippen molar-refractivity contribution in [2.24, 2.45) is 0 Å². The van der Waals surface area contributed by atoms with Crippen LogP contribution in [0.3, 0.4) is 0 Å². The Morgan fingerprint density at radius 1 is 1.00 bits per heavy atom. The van der Waals surface area contributed by atoms with Gasteiger partial charge in [0.05, 0.1) is 12.3 Å². The molecule has 3 aromatic rings. The third-order valence-corrected chi connectivity index (χ3v) is 3.22. The fourth-order valence-corrected chi connectivity index (χ4v) is 2.11. The number of ether oxygens (including phenoxy) is 1. The monoisotopic (exact) mass is 307 g/mol. The summed E-state index contributed by atoms with van der Waals surface area (Å²) in [6.45, 7) is 1.28. The Hall–Kier alpha value is -2.86. The molecule has 0 aliphatic heterocycles.